The maximum Gasteiger partial charge on any atom is 0.472 e. The Hall–Kier alpha value is -1.94. The zero-order valence-corrected chi connectivity index (χ0v) is 61.1. The molecular weight excluding hydrogens is 1200 g/mol. The van der Waals surface area contributed by atoms with Crippen LogP contribution in [-0.2, 0) is 65.4 Å². The van der Waals surface area contributed by atoms with Crippen molar-refractivity contribution in [2.24, 2.45) is 17.8 Å². The van der Waals surface area contributed by atoms with Crippen molar-refractivity contribution >= 4 is 39.5 Å². The summed E-state index contributed by atoms with van der Waals surface area (Å²) in [4.78, 5) is 72.5. The second kappa shape index (κ2) is 62.8. The Balaban J connectivity index is 5.16. The summed E-state index contributed by atoms with van der Waals surface area (Å²) in [7, 11) is -9.90. The summed E-state index contributed by atoms with van der Waals surface area (Å²) in [5, 5.41) is 10.6. The lowest BCUT2D eigenvalue weighted by Crippen LogP contribution is -2.30. The van der Waals surface area contributed by atoms with Gasteiger partial charge in [0.1, 0.15) is 19.3 Å². The van der Waals surface area contributed by atoms with Gasteiger partial charge in [0.2, 0.25) is 0 Å². The Morgan fingerprint density at radius 2 is 0.560 bits per heavy atom. The number of esters is 4. The van der Waals surface area contributed by atoms with Gasteiger partial charge in [-0.2, -0.15) is 0 Å². The van der Waals surface area contributed by atoms with Crippen LogP contribution in [0.3, 0.4) is 0 Å². The Labute approximate surface area is 556 Å². The summed E-state index contributed by atoms with van der Waals surface area (Å²) in [6.07, 6.45) is 47.5. The Morgan fingerprint density at radius 1 is 0.319 bits per heavy atom. The van der Waals surface area contributed by atoms with Crippen LogP contribution in [0.4, 0.5) is 0 Å². The molecular formula is C72H140O17P2. The van der Waals surface area contributed by atoms with Crippen molar-refractivity contribution < 1.29 is 80.2 Å². The molecule has 0 saturated heterocycles. The number of unbranched alkanes of at least 4 members (excludes halogenated alkanes) is 37. The summed E-state index contributed by atoms with van der Waals surface area (Å²) >= 11 is 0. The second-order valence-corrected chi connectivity index (χ2v) is 30.1. The van der Waals surface area contributed by atoms with Crippen molar-refractivity contribution in [1.29, 1.82) is 0 Å². The molecule has 0 heterocycles. The number of phosphoric acid groups is 2. The van der Waals surface area contributed by atoms with Crippen LogP contribution in [0.5, 0.6) is 0 Å². The third kappa shape index (κ3) is 65.1. The van der Waals surface area contributed by atoms with Gasteiger partial charge in [-0.15, -0.1) is 0 Å². The lowest BCUT2D eigenvalue weighted by atomic mass is 9.99. The molecule has 0 aliphatic rings. The molecule has 6 atom stereocenters. The Morgan fingerprint density at radius 3 is 0.835 bits per heavy atom. The van der Waals surface area contributed by atoms with Gasteiger partial charge in [-0.3, -0.25) is 37.3 Å². The predicted molar refractivity (Wildman–Crippen MR) is 368 cm³/mol. The number of ether oxygens (including phenoxy) is 4. The van der Waals surface area contributed by atoms with E-state index in [0.29, 0.717) is 31.6 Å². The fourth-order valence-corrected chi connectivity index (χ4v) is 12.4. The van der Waals surface area contributed by atoms with Crippen LogP contribution in [0.2, 0.25) is 0 Å². The fourth-order valence-electron chi connectivity index (χ4n) is 10.9. The third-order valence-electron chi connectivity index (χ3n) is 17.0. The first-order chi connectivity index (χ1) is 43.8. The third-order valence-corrected chi connectivity index (χ3v) is 18.9. The van der Waals surface area contributed by atoms with Crippen molar-refractivity contribution in [2.75, 3.05) is 39.6 Å². The van der Waals surface area contributed by atoms with E-state index in [1.54, 1.807) is 0 Å². The SMILES string of the molecule is CCCCCCCCCCCC(=O)OC[C@H](COP(=O)(O)OC[C@H](O)COP(=O)(O)OC[C@@H](COC(=O)CCCCCCCCCCC(C)CC)OC(=O)CCCCCCCCCCCCCCCCCCCCC(C)C)OC(=O)CCCCCCCCC(C)C. The quantitative estimate of drug-likeness (QED) is 0.0222. The highest BCUT2D eigenvalue weighted by Gasteiger charge is 2.30. The summed E-state index contributed by atoms with van der Waals surface area (Å²) in [5.41, 5.74) is 0. The fraction of sp³-hybridized carbons (Fsp3) is 0.944. The zero-order valence-electron chi connectivity index (χ0n) is 59.3. The molecule has 0 aromatic carbocycles. The van der Waals surface area contributed by atoms with Crippen LogP contribution in [0.1, 0.15) is 363 Å². The van der Waals surface area contributed by atoms with E-state index >= 15 is 0 Å². The average Bonchev–Trinajstić information content (AvgIpc) is 3.62. The summed E-state index contributed by atoms with van der Waals surface area (Å²) in [6, 6.07) is 0. The van der Waals surface area contributed by atoms with Gasteiger partial charge in [-0.1, -0.05) is 312 Å². The molecule has 3 unspecified atom stereocenters. The minimum absolute atomic E-state index is 0.102. The van der Waals surface area contributed by atoms with Crippen LogP contribution < -0.4 is 0 Å². The van der Waals surface area contributed by atoms with E-state index in [4.69, 9.17) is 37.0 Å². The van der Waals surface area contributed by atoms with Crippen molar-refractivity contribution in [1.82, 2.24) is 0 Å². The normalized spacial score (nSPS) is 14.5. The van der Waals surface area contributed by atoms with Gasteiger partial charge in [0, 0.05) is 25.7 Å². The Kier molecular flexibility index (Phi) is 61.5. The van der Waals surface area contributed by atoms with Crippen LogP contribution in [-0.4, -0.2) is 96.7 Å². The molecule has 0 bridgehead atoms. The lowest BCUT2D eigenvalue weighted by Gasteiger charge is -2.21. The summed E-state index contributed by atoms with van der Waals surface area (Å²) < 4.78 is 68.2. The highest BCUT2D eigenvalue weighted by Crippen LogP contribution is 2.45. The van der Waals surface area contributed by atoms with Crippen molar-refractivity contribution in [3.63, 3.8) is 0 Å². The highest BCUT2D eigenvalue weighted by molar-refractivity contribution is 7.47. The van der Waals surface area contributed by atoms with E-state index in [0.717, 1.165) is 102 Å². The lowest BCUT2D eigenvalue weighted by molar-refractivity contribution is -0.161. The number of carbonyl (C=O) groups excluding carboxylic acids is 4. The second-order valence-electron chi connectivity index (χ2n) is 27.2. The first-order valence-electron chi connectivity index (χ1n) is 37.4. The number of hydrogen-bond donors (Lipinski definition) is 3. The minimum atomic E-state index is -4.95. The maximum absolute atomic E-state index is 13.0. The smallest absolute Gasteiger partial charge is 0.462 e. The monoisotopic (exact) mass is 1340 g/mol. The topological polar surface area (TPSA) is 237 Å². The Bertz CT molecular complexity index is 1790. The highest BCUT2D eigenvalue weighted by atomic mass is 31.2. The van der Waals surface area contributed by atoms with Crippen LogP contribution in [0, 0.1) is 17.8 Å². The van der Waals surface area contributed by atoms with Crippen molar-refractivity contribution in [3.05, 3.63) is 0 Å². The van der Waals surface area contributed by atoms with Crippen LogP contribution >= 0.6 is 15.6 Å². The molecule has 0 amide bonds. The van der Waals surface area contributed by atoms with Crippen LogP contribution in [0.25, 0.3) is 0 Å². The molecule has 540 valence electrons. The number of hydrogen-bond acceptors (Lipinski definition) is 15. The molecule has 0 aromatic rings. The molecule has 91 heavy (non-hydrogen) atoms. The summed E-state index contributed by atoms with van der Waals surface area (Å²) in [5.74, 6) is 0.137. The number of phosphoric ester groups is 2. The largest absolute Gasteiger partial charge is 0.472 e. The average molecular weight is 1340 g/mol. The van der Waals surface area contributed by atoms with E-state index in [-0.39, 0.29) is 25.7 Å². The van der Waals surface area contributed by atoms with Gasteiger partial charge >= 0.3 is 39.5 Å². The molecule has 0 saturated carbocycles. The predicted octanol–water partition coefficient (Wildman–Crippen LogP) is 20.6. The molecule has 0 radical (unpaired) electrons. The van der Waals surface area contributed by atoms with E-state index in [2.05, 4.69) is 48.5 Å². The van der Waals surface area contributed by atoms with E-state index < -0.39 is 97.5 Å². The van der Waals surface area contributed by atoms with E-state index in [1.165, 1.54) is 173 Å². The zero-order chi connectivity index (χ0) is 67.3. The molecule has 0 aromatic heterocycles. The first-order valence-corrected chi connectivity index (χ1v) is 40.4. The number of rotatable bonds is 70. The van der Waals surface area contributed by atoms with E-state index in [1.807, 2.05) is 0 Å². The summed E-state index contributed by atoms with van der Waals surface area (Å²) in [6.45, 7) is 11.8. The standard InChI is InChI=1S/C72H140O17P2/c1-8-10-11-12-13-24-31-39-46-53-69(74)82-60-68(89-72(77)56-49-42-35-34-37-44-51-64(5)6)62-87-91(80,81)85-58-66(73)57-84-90(78,79)86-61-67(59-83-70(75)54-47-40-32-28-27-30-38-45-52-65(7)9-2)88-71(76)55-48-41-33-26-23-21-19-17-15-14-16-18-20-22-25-29-36-43-50-63(3)4/h63-68,73H,8-62H2,1-7H3,(H,78,79)(H,80,81)/t65?,66-,67-,68-/m1/s1. The molecule has 17 nitrogen and oxygen atoms in total. The van der Waals surface area contributed by atoms with Gasteiger partial charge in [-0.05, 0) is 43.4 Å². The molecule has 0 aliphatic carbocycles. The molecule has 3 N–H and O–H groups in total. The first kappa shape index (κ1) is 89.1. The molecule has 19 heteroatoms. The van der Waals surface area contributed by atoms with Gasteiger partial charge in [-0.25, -0.2) is 9.13 Å². The number of carbonyl (C=O) groups is 4. The molecule has 0 spiro atoms. The molecule has 0 aliphatic heterocycles. The van der Waals surface area contributed by atoms with E-state index in [9.17, 15) is 43.2 Å². The minimum Gasteiger partial charge on any atom is -0.462 e. The van der Waals surface area contributed by atoms with Gasteiger partial charge in [0.05, 0.1) is 26.4 Å². The number of aliphatic hydroxyl groups excluding tert-OH is 1. The van der Waals surface area contributed by atoms with Gasteiger partial charge in [0.25, 0.3) is 0 Å². The van der Waals surface area contributed by atoms with Crippen molar-refractivity contribution in [2.45, 2.75) is 381 Å². The van der Waals surface area contributed by atoms with Gasteiger partial charge < -0.3 is 33.8 Å². The molecule has 0 fully saturated rings. The van der Waals surface area contributed by atoms with Crippen LogP contribution in [0.15, 0.2) is 0 Å². The van der Waals surface area contributed by atoms with Gasteiger partial charge in [0.15, 0.2) is 12.2 Å². The van der Waals surface area contributed by atoms with Crippen molar-refractivity contribution in [3.8, 4) is 0 Å². The maximum atomic E-state index is 13.0. The molecule has 0 rings (SSSR count). The number of aliphatic hydroxyl groups is 1.